The van der Waals surface area contributed by atoms with Gasteiger partial charge in [-0.1, -0.05) is 31.2 Å². The summed E-state index contributed by atoms with van der Waals surface area (Å²) in [5.74, 6) is 1.03. The summed E-state index contributed by atoms with van der Waals surface area (Å²) in [5, 5.41) is 8.11. The monoisotopic (exact) mass is 400 g/mol. The van der Waals surface area contributed by atoms with E-state index >= 15 is 0 Å². The lowest BCUT2D eigenvalue weighted by atomic mass is 9.79. The average molecular weight is 401 g/mol. The highest BCUT2D eigenvalue weighted by atomic mass is 16.2. The van der Waals surface area contributed by atoms with E-state index in [4.69, 9.17) is 0 Å². The summed E-state index contributed by atoms with van der Waals surface area (Å²) >= 11 is 0. The molecule has 5 rings (SSSR count). The van der Waals surface area contributed by atoms with Crippen molar-refractivity contribution in [2.75, 3.05) is 10.2 Å². The SMILES string of the molecule is CC(=O)N1c2ccc(-c3cnn(C)c3)cc2[C@H](Nc2ccccc2)[C@@H](C)[C@@H]1C1CC1. The second-order valence-corrected chi connectivity index (χ2v) is 8.74. The van der Waals surface area contributed by atoms with Crippen LogP contribution in [-0.4, -0.2) is 21.7 Å². The van der Waals surface area contributed by atoms with Crippen molar-refractivity contribution in [3.05, 3.63) is 66.5 Å². The number of carbonyl (C=O) groups excluding carboxylic acids is 1. The van der Waals surface area contributed by atoms with E-state index in [1.54, 1.807) is 6.92 Å². The van der Waals surface area contributed by atoms with Crippen molar-refractivity contribution in [1.29, 1.82) is 0 Å². The van der Waals surface area contributed by atoms with Gasteiger partial charge in [-0.15, -0.1) is 0 Å². The van der Waals surface area contributed by atoms with Crippen LogP contribution in [0.5, 0.6) is 0 Å². The smallest absolute Gasteiger partial charge is 0.224 e. The van der Waals surface area contributed by atoms with E-state index in [0.29, 0.717) is 11.8 Å². The number of aryl methyl sites for hydroxylation is 1. The largest absolute Gasteiger partial charge is 0.378 e. The van der Waals surface area contributed by atoms with Gasteiger partial charge in [0.2, 0.25) is 5.91 Å². The third kappa shape index (κ3) is 3.28. The highest BCUT2D eigenvalue weighted by Crippen LogP contribution is 2.50. The second kappa shape index (κ2) is 7.31. The van der Waals surface area contributed by atoms with Crippen LogP contribution in [0.2, 0.25) is 0 Å². The molecule has 2 aliphatic rings. The molecule has 0 bridgehead atoms. The number of fused-ring (bicyclic) bond motifs is 1. The van der Waals surface area contributed by atoms with E-state index < -0.39 is 0 Å². The zero-order chi connectivity index (χ0) is 20.8. The maximum Gasteiger partial charge on any atom is 0.224 e. The maximum absolute atomic E-state index is 12.8. The summed E-state index contributed by atoms with van der Waals surface area (Å²) in [6.45, 7) is 3.99. The van der Waals surface area contributed by atoms with Gasteiger partial charge in [-0.05, 0) is 54.2 Å². The Morgan fingerprint density at radius 3 is 2.50 bits per heavy atom. The Bertz CT molecular complexity index is 1070. The molecule has 154 valence electrons. The number of hydrogen-bond acceptors (Lipinski definition) is 3. The van der Waals surface area contributed by atoms with Gasteiger partial charge in [-0.3, -0.25) is 9.48 Å². The number of rotatable bonds is 4. The van der Waals surface area contributed by atoms with Gasteiger partial charge in [0, 0.05) is 49.1 Å². The number of aromatic nitrogens is 2. The molecule has 2 aromatic carbocycles. The van der Waals surface area contributed by atoms with Crippen molar-refractivity contribution >= 4 is 17.3 Å². The number of carbonyl (C=O) groups is 1. The zero-order valence-corrected chi connectivity index (χ0v) is 17.7. The van der Waals surface area contributed by atoms with Gasteiger partial charge in [0.25, 0.3) is 0 Å². The number of amides is 1. The first-order valence-corrected chi connectivity index (χ1v) is 10.8. The summed E-state index contributed by atoms with van der Waals surface area (Å²) < 4.78 is 1.82. The number of benzene rings is 2. The van der Waals surface area contributed by atoms with Crippen LogP contribution < -0.4 is 10.2 Å². The Kier molecular flexibility index (Phi) is 4.61. The maximum atomic E-state index is 12.8. The molecule has 5 heteroatoms. The van der Waals surface area contributed by atoms with Gasteiger partial charge in [-0.2, -0.15) is 5.10 Å². The third-order valence-corrected chi connectivity index (χ3v) is 6.56. The van der Waals surface area contributed by atoms with Crippen LogP contribution in [0, 0.1) is 11.8 Å². The Balaban J connectivity index is 1.64. The van der Waals surface area contributed by atoms with Crippen LogP contribution in [0.15, 0.2) is 60.9 Å². The quantitative estimate of drug-likeness (QED) is 0.669. The van der Waals surface area contributed by atoms with Crippen molar-refractivity contribution in [3.8, 4) is 11.1 Å². The number of nitrogens with zero attached hydrogens (tertiary/aromatic N) is 3. The van der Waals surface area contributed by atoms with Crippen LogP contribution in [0.1, 0.15) is 38.3 Å². The highest BCUT2D eigenvalue weighted by Gasteiger charge is 2.47. The fraction of sp³-hybridized carbons (Fsp3) is 0.360. The molecule has 0 unspecified atom stereocenters. The van der Waals surface area contributed by atoms with Crippen molar-refractivity contribution < 1.29 is 4.79 Å². The summed E-state index contributed by atoms with van der Waals surface area (Å²) in [5.41, 5.74) is 5.55. The summed E-state index contributed by atoms with van der Waals surface area (Å²) in [7, 11) is 1.93. The van der Waals surface area contributed by atoms with E-state index in [1.165, 1.54) is 18.4 Å². The van der Waals surface area contributed by atoms with E-state index in [1.807, 2.05) is 30.2 Å². The number of hydrogen-bond donors (Lipinski definition) is 1. The summed E-state index contributed by atoms with van der Waals surface area (Å²) in [6, 6.07) is 17.2. The number of para-hydroxylation sites is 1. The molecule has 0 radical (unpaired) electrons. The van der Waals surface area contributed by atoms with Gasteiger partial charge in [0.1, 0.15) is 0 Å². The third-order valence-electron chi connectivity index (χ3n) is 6.56. The van der Waals surface area contributed by atoms with Gasteiger partial charge >= 0.3 is 0 Å². The van der Waals surface area contributed by atoms with Gasteiger partial charge in [0.05, 0.1) is 12.2 Å². The Morgan fingerprint density at radius 1 is 1.10 bits per heavy atom. The lowest BCUT2D eigenvalue weighted by Gasteiger charge is -2.46. The molecular formula is C25H28N4O. The van der Waals surface area contributed by atoms with E-state index in [0.717, 1.165) is 22.5 Å². The van der Waals surface area contributed by atoms with Crippen molar-refractivity contribution in [1.82, 2.24) is 9.78 Å². The lowest BCUT2D eigenvalue weighted by Crippen LogP contribution is -2.51. The molecule has 30 heavy (non-hydrogen) atoms. The van der Waals surface area contributed by atoms with Crippen molar-refractivity contribution in [3.63, 3.8) is 0 Å². The van der Waals surface area contributed by atoms with Crippen molar-refractivity contribution in [2.24, 2.45) is 18.9 Å². The van der Waals surface area contributed by atoms with Crippen molar-refractivity contribution in [2.45, 2.75) is 38.8 Å². The normalized spacial score (nSPS) is 23.2. The Labute approximate surface area is 177 Å². The minimum atomic E-state index is 0.132. The van der Waals surface area contributed by atoms with E-state index in [9.17, 15) is 4.79 Å². The van der Waals surface area contributed by atoms with Crippen LogP contribution in [0.25, 0.3) is 11.1 Å². The molecule has 3 aromatic rings. The van der Waals surface area contributed by atoms with Gasteiger partial charge in [-0.25, -0.2) is 0 Å². The first-order chi connectivity index (χ1) is 14.5. The minimum absolute atomic E-state index is 0.132. The molecule has 1 aromatic heterocycles. The molecule has 1 amide bonds. The molecule has 5 nitrogen and oxygen atoms in total. The topological polar surface area (TPSA) is 50.2 Å². The minimum Gasteiger partial charge on any atom is -0.378 e. The summed E-state index contributed by atoms with van der Waals surface area (Å²) in [4.78, 5) is 14.8. The average Bonchev–Trinajstić information content (AvgIpc) is 3.49. The Hall–Kier alpha value is -3.08. The molecule has 2 heterocycles. The van der Waals surface area contributed by atoms with Gasteiger partial charge < -0.3 is 10.2 Å². The Morgan fingerprint density at radius 2 is 1.87 bits per heavy atom. The predicted molar refractivity (Wildman–Crippen MR) is 120 cm³/mol. The highest BCUT2D eigenvalue weighted by molar-refractivity contribution is 5.94. The zero-order valence-electron chi connectivity index (χ0n) is 17.7. The van der Waals surface area contributed by atoms with Crippen LogP contribution in [0.3, 0.4) is 0 Å². The second-order valence-electron chi connectivity index (χ2n) is 8.74. The van der Waals surface area contributed by atoms with Crippen LogP contribution in [-0.2, 0) is 11.8 Å². The standard InChI is InChI=1S/C25H28N4O/c1-16-24(27-21-7-5-4-6-8-21)22-13-19(20-14-26-28(3)15-20)11-12-23(22)29(17(2)30)25(16)18-9-10-18/h4-8,11-16,18,24-25,27H,9-10H2,1-3H3/t16-,24-,25-/m1/s1. The molecule has 1 aliphatic carbocycles. The molecular weight excluding hydrogens is 372 g/mol. The molecule has 0 spiro atoms. The van der Waals surface area contributed by atoms with Gasteiger partial charge in [0.15, 0.2) is 0 Å². The molecule has 1 saturated carbocycles. The molecule has 0 saturated heterocycles. The molecule has 1 fully saturated rings. The predicted octanol–water partition coefficient (Wildman–Crippen LogP) is 5.02. The number of anilines is 2. The van der Waals surface area contributed by atoms with E-state index in [2.05, 4.69) is 64.7 Å². The molecule has 1 N–H and O–H groups in total. The van der Waals surface area contributed by atoms with Crippen LogP contribution in [0.4, 0.5) is 11.4 Å². The fourth-order valence-electron chi connectivity index (χ4n) is 5.03. The summed E-state index contributed by atoms with van der Waals surface area (Å²) in [6.07, 6.45) is 6.34. The first-order valence-electron chi connectivity index (χ1n) is 10.8. The lowest BCUT2D eigenvalue weighted by molar-refractivity contribution is -0.117. The number of nitrogens with one attached hydrogen (secondary N) is 1. The first kappa shape index (κ1) is 18.9. The molecule has 3 atom stereocenters. The van der Waals surface area contributed by atoms with Crippen LogP contribution >= 0.6 is 0 Å². The fourth-order valence-corrected chi connectivity index (χ4v) is 5.03. The van der Waals surface area contributed by atoms with E-state index in [-0.39, 0.29) is 18.0 Å². The molecule has 1 aliphatic heterocycles.